The fourth-order valence-corrected chi connectivity index (χ4v) is 2.51. The van der Waals surface area contributed by atoms with E-state index >= 15 is 0 Å². The van der Waals surface area contributed by atoms with Crippen LogP contribution in [0.2, 0.25) is 0 Å². The van der Waals surface area contributed by atoms with Crippen LogP contribution in [-0.4, -0.2) is 24.3 Å². The average molecular weight is 213 g/mol. The van der Waals surface area contributed by atoms with Crippen LogP contribution < -0.4 is 5.32 Å². The van der Waals surface area contributed by atoms with Gasteiger partial charge in [-0.3, -0.25) is 0 Å². The first kappa shape index (κ1) is 13.0. The Hall–Kier alpha value is -0.0800. The monoisotopic (exact) mass is 213 g/mol. The Balaban J connectivity index is 2.13. The molecule has 0 aromatic carbocycles. The molecule has 1 fully saturated rings. The van der Waals surface area contributed by atoms with Crippen molar-refractivity contribution in [1.82, 2.24) is 5.32 Å². The van der Waals surface area contributed by atoms with E-state index in [1.54, 1.807) is 0 Å². The van der Waals surface area contributed by atoms with Crippen LogP contribution in [0.1, 0.15) is 52.4 Å². The highest BCUT2D eigenvalue weighted by atomic mass is 16.3. The first-order chi connectivity index (χ1) is 7.24. The van der Waals surface area contributed by atoms with Crippen molar-refractivity contribution in [3.8, 4) is 0 Å². The molecule has 1 aliphatic carbocycles. The summed E-state index contributed by atoms with van der Waals surface area (Å²) >= 11 is 0. The molecule has 2 unspecified atom stereocenters. The molecular formula is C13H27NO. The van der Waals surface area contributed by atoms with Gasteiger partial charge in [-0.15, -0.1) is 0 Å². The minimum absolute atomic E-state index is 0.320. The van der Waals surface area contributed by atoms with Crippen molar-refractivity contribution in [2.45, 2.75) is 58.4 Å². The first-order valence-corrected chi connectivity index (χ1v) is 6.58. The summed E-state index contributed by atoms with van der Waals surface area (Å²) in [6, 6.07) is 0.659. The third-order valence-corrected chi connectivity index (χ3v) is 3.77. The molecule has 2 nitrogen and oxygen atoms in total. The molecule has 1 rings (SSSR count). The second-order valence-corrected chi connectivity index (χ2v) is 5.21. The number of aliphatic hydroxyl groups is 1. The van der Waals surface area contributed by atoms with Gasteiger partial charge in [0.15, 0.2) is 0 Å². The minimum Gasteiger partial charge on any atom is -0.396 e. The molecule has 0 aliphatic heterocycles. The van der Waals surface area contributed by atoms with E-state index in [1.165, 1.54) is 32.1 Å². The minimum atomic E-state index is 0.320. The third kappa shape index (κ3) is 4.98. The van der Waals surface area contributed by atoms with Gasteiger partial charge in [-0.1, -0.05) is 26.2 Å². The lowest BCUT2D eigenvalue weighted by atomic mass is 9.84. The van der Waals surface area contributed by atoms with Crippen molar-refractivity contribution in [3.63, 3.8) is 0 Å². The molecule has 0 bridgehead atoms. The maximum Gasteiger partial charge on any atom is 0.0434 e. The lowest BCUT2D eigenvalue weighted by Gasteiger charge is -2.29. The second-order valence-electron chi connectivity index (χ2n) is 5.21. The first-order valence-electron chi connectivity index (χ1n) is 6.58. The van der Waals surface area contributed by atoms with Gasteiger partial charge in [0, 0.05) is 12.6 Å². The van der Waals surface area contributed by atoms with Crippen molar-refractivity contribution in [1.29, 1.82) is 0 Å². The standard InChI is InChI=1S/C13H27NO/c1-11(8-9-15)10-14-12(2)13-6-4-3-5-7-13/h11-15H,3-10H2,1-2H3. The van der Waals surface area contributed by atoms with Gasteiger partial charge in [-0.25, -0.2) is 0 Å². The molecule has 1 saturated carbocycles. The van der Waals surface area contributed by atoms with Crippen LogP contribution in [0.5, 0.6) is 0 Å². The maximum absolute atomic E-state index is 8.82. The van der Waals surface area contributed by atoms with E-state index in [9.17, 15) is 0 Å². The van der Waals surface area contributed by atoms with Crippen molar-refractivity contribution in [3.05, 3.63) is 0 Å². The van der Waals surface area contributed by atoms with Gasteiger partial charge in [-0.05, 0) is 44.6 Å². The van der Waals surface area contributed by atoms with E-state index in [-0.39, 0.29) is 0 Å². The Bertz CT molecular complexity index is 155. The normalized spacial score (nSPS) is 22.6. The highest BCUT2D eigenvalue weighted by Crippen LogP contribution is 2.26. The predicted octanol–water partition coefficient (Wildman–Crippen LogP) is 2.56. The number of aliphatic hydroxyl groups excluding tert-OH is 1. The fourth-order valence-electron chi connectivity index (χ4n) is 2.51. The van der Waals surface area contributed by atoms with Crippen LogP contribution >= 0.6 is 0 Å². The Kier molecular flexibility index (Phi) is 6.26. The summed E-state index contributed by atoms with van der Waals surface area (Å²) in [6.07, 6.45) is 8.01. The summed E-state index contributed by atoms with van der Waals surface area (Å²) in [5.41, 5.74) is 0. The summed E-state index contributed by atoms with van der Waals surface area (Å²) in [5, 5.41) is 12.4. The van der Waals surface area contributed by atoms with Crippen LogP contribution in [0.4, 0.5) is 0 Å². The van der Waals surface area contributed by atoms with Gasteiger partial charge in [0.2, 0.25) is 0 Å². The molecule has 0 spiro atoms. The van der Waals surface area contributed by atoms with Crippen LogP contribution in [0.3, 0.4) is 0 Å². The molecule has 2 atom stereocenters. The average Bonchev–Trinajstić information content (AvgIpc) is 2.27. The molecule has 1 aliphatic rings. The summed E-state index contributed by atoms with van der Waals surface area (Å²) in [7, 11) is 0. The SMILES string of the molecule is CC(CCO)CNC(C)C1CCCCC1. The highest BCUT2D eigenvalue weighted by molar-refractivity contribution is 4.76. The van der Waals surface area contributed by atoms with Crippen molar-refractivity contribution in [2.75, 3.05) is 13.2 Å². The Labute approximate surface area is 94.5 Å². The van der Waals surface area contributed by atoms with E-state index in [0.717, 1.165) is 18.9 Å². The quantitative estimate of drug-likeness (QED) is 0.711. The van der Waals surface area contributed by atoms with E-state index in [4.69, 9.17) is 5.11 Å². The van der Waals surface area contributed by atoms with Gasteiger partial charge in [-0.2, -0.15) is 0 Å². The lowest BCUT2D eigenvalue weighted by Crippen LogP contribution is -2.37. The number of hydrogen-bond acceptors (Lipinski definition) is 2. The maximum atomic E-state index is 8.82. The largest absolute Gasteiger partial charge is 0.396 e. The zero-order valence-electron chi connectivity index (χ0n) is 10.3. The number of rotatable bonds is 6. The number of nitrogens with one attached hydrogen (secondary N) is 1. The van der Waals surface area contributed by atoms with Crippen molar-refractivity contribution in [2.24, 2.45) is 11.8 Å². The fraction of sp³-hybridized carbons (Fsp3) is 1.00. The lowest BCUT2D eigenvalue weighted by molar-refractivity contribution is 0.242. The van der Waals surface area contributed by atoms with Gasteiger partial charge < -0.3 is 10.4 Å². The molecule has 90 valence electrons. The van der Waals surface area contributed by atoms with E-state index in [0.29, 0.717) is 18.6 Å². The third-order valence-electron chi connectivity index (χ3n) is 3.77. The van der Waals surface area contributed by atoms with Gasteiger partial charge in [0.05, 0.1) is 0 Å². The molecule has 0 saturated heterocycles. The molecule has 2 N–H and O–H groups in total. The molecule has 2 heteroatoms. The van der Waals surface area contributed by atoms with Crippen molar-refractivity contribution >= 4 is 0 Å². The van der Waals surface area contributed by atoms with E-state index in [2.05, 4.69) is 19.2 Å². The Morgan fingerprint density at radius 2 is 1.87 bits per heavy atom. The van der Waals surface area contributed by atoms with Crippen LogP contribution in [-0.2, 0) is 0 Å². The summed E-state index contributed by atoms with van der Waals surface area (Å²) in [4.78, 5) is 0. The van der Waals surface area contributed by atoms with E-state index in [1.807, 2.05) is 0 Å². The Morgan fingerprint density at radius 1 is 1.20 bits per heavy atom. The molecule has 0 aromatic heterocycles. The molecule has 0 amide bonds. The van der Waals surface area contributed by atoms with Gasteiger partial charge in [0.1, 0.15) is 0 Å². The molecule has 15 heavy (non-hydrogen) atoms. The zero-order chi connectivity index (χ0) is 11.1. The zero-order valence-corrected chi connectivity index (χ0v) is 10.3. The topological polar surface area (TPSA) is 32.3 Å². The molecule has 0 radical (unpaired) electrons. The summed E-state index contributed by atoms with van der Waals surface area (Å²) in [5.74, 6) is 1.49. The predicted molar refractivity (Wildman–Crippen MR) is 64.9 cm³/mol. The smallest absolute Gasteiger partial charge is 0.0434 e. The van der Waals surface area contributed by atoms with Gasteiger partial charge in [0.25, 0.3) is 0 Å². The summed E-state index contributed by atoms with van der Waals surface area (Å²) in [6.45, 7) is 5.90. The van der Waals surface area contributed by atoms with Crippen LogP contribution in [0.15, 0.2) is 0 Å². The molecule has 0 heterocycles. The molecule has 0 aromatic rings. The van der Waals surface area contributed by atoms with Gasteiger partial charge >= 0.3 is 0 Å². The van der Waals surface area contributed by atoms with Crippen LogP contribution in [0.25, 0.3) is 0 Å². The highest BCUT2D eigenvalue weighted by Gasteiger charge is 2.19. The summed E-state index contributed by atoms with van der Waals surface area (Å²) < 4.78 is 0. The van der Waals surface area contributed by atoms with Crippen molar-refractivity contribution < 1.29 is 5.11 Å². The Morgan fingerprint density at radius 3 is 2.47 bits per heavy atom. The molecular weight excluding hydrogens is 186 g/mol. The number of hydrogen-bond donors (Lipinski definition) is 2. The second kappa shape index (κ2) is 7.24. The van der Waals surface area contributed by atoms with E-state index < -0.39 is 0 Å². The van der Waals surface area contributed by atoms with Crippen LogP contribution in [0, 0.1) is 11.8 Å².